The number of rotatable bonds is 0. The molecule has 2 aromatic rings. The van der Waals surface area contributed by atoms with Gasteiger partial charge in [-0.2, -0.15) is 0 Å². The van der Waals surface area contributed by atoms with Gasteiger partial charge in [-0.1, -0.05) is 0 Å². The Hall–Kier alpha value is -1.97. The molecule has 0 bridgehead atoms. The second-order valence-corrected chi connectivity index (χ2v) is 5.00. The lowest BCUT2D eigenvalue weighted by Gasteiger charge is -2.25. The average Bonchev–Trinajstić information content (AvgIpc) is 2.19. The minimum atomic E-state index is -0.297. The number of aromatic nitrogens is 1. The van der Waals surface area contributed by atoms with E-state index in [-0.39, 0.29) is 22.5 Å². The zero-order chi connectivity index (χ0) is 12.8. The maximum atomic E-state index is 11.7. The van der Waals surface area contributed by atoms with Crippen LogP contribution in [0.15, 0.2) is 23.1 Å². The van der Waals surface area contributed by atoms with E-state index in [4.69, 9.17) is 0 Å². The van der Waals surface area contributed by atoms with Gasteiger partial charge in [0.05, 0.1) is 17.0 Å². The van der Waals surface area contributed by atoms with Crippen LogP contribution < -0.4 is 5.43 Å². The van der Waals surface area contributed by atoms with Crippen molar-refractivity contribution < 1.29 is 10.2 Å². The Labute approximate surface area is 98.8 Å². The number of aromatic hydroxyl groups is 2. The van der Waals surface area contributed by atoms with Crippen molar-refractivity contribution in [1.29, 1.82) is 0 Å². The lowest BCUT2D eigenvalue weighted by atomic mass is 10.1. The van der Waals surface area contributed by atoms with Crippen molar-refractivity contribution in [3.05, 3.63) is 34.6 Å². The first-order valence-electron chi connectivity index (χ1n) is 5.30. The fourth-order valence-electron chi connectivity index (χ4n) is 1.77. The molecule has 89 valence electrons. The van der Waals surface area contributed by atoms with E-state index in [1.165, 1.54) is 12.1 Å². The van der Waals surface area contributed by atoms with Gasteiger partial charge in [0, 0.05) is 17.8 Å². The Morgan fingerprint density at radius 2 is 1.76 bits per heavy atom. The summed E-state index contributed by atoms with van der Waals surface area (Å²) in [7, 11) is 0. The minimum absolute atomic E-state index is 0.235. The molecule has 0 aliphatic carbocycles. The smallest absolute Gasteiger partial charge is 0.197 e. The van der Waals surface area contributed by atoms with Crippen molar-refractivity contribution in [3.63, 3.8) is 0 Å². The van der Waals surface area contributed by atoms with Crippen LogP contribution in [-0.2, 0) is 5.54 Å². The summed E-state index contributed by atoms with van der Waals surface area (Å²) in [5.74, 6) is -0.532. The summed E-state index contributed by atoms with van der Waals surface area (Å²) in [6.45, 7) is 5.94. The molecule has 0 aliphatic heterocycles. The Morgan fingerprint density at radius 1 is 1.18 bits per heavy atom. The number of hydrogen-bond acceptors (Lipinski definition) is 3. The molecule has 0 unspecified atom stereocenters. The second-order valence-electron chi connectivity index (χ2n) is 5.00. The number of pyridine rings is 1. The monoisotopic (exact) mass is 232 g/mol. The van der Waals surface area contributed by atoms with Crippen molar-refractivity contribution in [2.24, 2.45) is 0 Å². The summed E-state index contributed by atoms with van der Waals surface area (Å²) >= 11 is 0. The maximum absolute atomic E-state index is 11.7. The predicted molar refractivity (Wildman–Crippen MR) is 65.4 cm³/mol. The van der Waals surface area contributed by atoms with E-state index < -0.39 is 0 Å². The van der Waals surface area contributed by atoms with Gasteiger partial charge in [-0.15, -0.1) is 0 Å². The van der Waals surface area contributed by atoms with Gasteiger partial charge in [0.15, 0.2) is 16.9 Å². The molecule has 0 aliphatic rings. The molecule has 2 N–H and O–H groups in total. The number of nitrogens with zero attached hydrogens (tertiary/aromatic N) is 1. The van der Waals surface area contributed by atoms with Crippen molar-refractivity contribution in [2.45, 2.75) is 26.3 Å². The molecule has 0 atom stereocenters. The molecule has 1 aromatic heterocycles. The molecule has 0 spiro atoms. The van der Waals surface area contributed by atoms with E-state index in [1.54, 1.807) is 6.20 Å². The fraction of sp³-hybridized carbons (Fsp3) is 0.308. The maximum Gasteiger partial charge on any atom is 0.197 e. The van der Waals surface area contributed by atoms with Gasteiger partial charge < -0.3 is 14.8 Å². The van der Waals surface area contributed by atoms with Gasteiger partial charge in [0.2, 0.25) is 0 Å². The molecule has 17 heavy (non-hydrogen) atoms. The molecular formula is C13H14NO3. The van der Waals surface area contributed by atoms with Crippen molar-refractivity contribution in [3.8, 4) is 11.5 Å². The van der Waals surface area contributed by atoms with Crippen LogP contribution in [0.1, 0.15) is 20.8 Å². The Balaban J connectivity index is 2.95. The second kappa shape index (κ2) is 3.52. The quantitative estimate of drug-likeness (QED) is 0.682. The Kier molecular flexibility index (Phi) is 2.38. The van der Waals surface area contributed by atoms with Crippen LogP contribution in [0.25, 0.3) is 10.9 Å². The van der Waals surface area contributed by atoms with Crippen LogP contribution in [0, 0.1) is 6.07 Å². The minimum Gasteiger partial charge on any atom is -0.504 e. The topological polar surface area (TPSA) is 62.5 Å². The standard InChI is InChI=1S/C13H14NO3/c1-13(2,3)14-5-4-10(15)8-6-11(16)12(17)7-9(8)14/h5-7,16-17H,1-3H3. The third kappa shape index (κ3) is 1.86. The van der Waals surface area contributed by atoms with E-state index >= 15 is 0 Å². The normalized spacial score (nSPS) is 11.9. The molecule has 1 radical (unpaired) electrons. The summed E-state index contributed by atoms with van der Waals surface area (Å²) in [6.07, 6.45) is 1.57. The lowest BCUT2D eigenvalue weighted by molar-refractivity contribution is 0.397. The molecule has 2 rings (SSSR count). The molecule has 1 heterocycles. The molecule has 4 nitrogen and oxygen atoms in total. The van der Waals surface area contributed by atoms with Crippen LogP contribution in [0.2, 0.25) is 0 Å². The van der Waals surface area contributed by atoms with Gasteiger partial charge in [-0.25, -0.2) is 0 Å². The number of phenols is 2. The van der Waals surface area contributed by atoms with Crippen LogP contribution in [0.5, 0.6) is 11.5 Å². The highest BCUT2D eigenvalue weighted by Gasteiger charge is 2.16. The van der Waals surface area contributed by atoms with E-state index in [2.05, 4.69) is 6.07 Å². The largest absolute Gasteiger partial charge is 0.504 e. The van der Waals surface area contributed by atoms with E-state index in [9.17, 15) is 15.0 Å². The van der Waals surface area contributed by atoms with Crippen LogP contribution in [0.3, 0.4) is 0 Å². The van der Waals surface area contributed by atoms with Crippen molar-refractivity contribution in [1.82, 2.24) is 4.57 Å². The van der Waals surface area contributed by atoms with Crippen LogP contribution >= 0.6 is 0 Å². The van der Waals surface area contributed by atoms with Gasteiger partial charge in [0.25, 0.3) is 0 Å². The summed E-state index contributed by atoms with van der Waals surface area (Å²) < 4.78 is 1.84. The zero-order valence-electron chi connectivity index (χ0n) is 9.98. The third-order valence-electron chi connectivity index (χ3n) is 2.64. The fourth-order valence-corrected chi connectivity index (χ4v) is 1.77. The van der Waals surface area contributed by atoms with Crippen LogP contribution in [-0.4, -0.2) is 14.8 Å². The number of hydrogen-bond donors (Lipinski definition) is 2. The van der Waals surface area contributed by atoms with Gasteiger partial charge in [-0.05, 0) is 26.8 Å². The summed E-state index contributed by atoms with van der Waals surface area (Å²) in [4.78, 5) is 11.7. The lowest BCUT2D eigenvalue weighted by Crippen LogP contribution is -2.24. The first kappa shape index (κ1) is 11.5. The predicted octanol–water partition coefficient (Wildman–Crippen LogP) is 1.97. The molecule has 0 saturated carbocycles. The first-order chi connectivity index (χ1) is 7.80. The van der Waals surface area contributed by atoms with Gasteiger partial charge in [0.1, 0.15) is 0 Å². The Bertz CT molecular complexity index is 635. The van der Waals surface area contributed by atoms with Crippen molar-refractivity contribution >= 4 is 10.9 Å². The number of fused-ring (bicyclic) bond motifs is 1. The van der Waals surface area contributed by atoms with Gasteiger partial charge in [-0.3, -0.25) is 4.79 Å². The molecule has 1 aromatic carbocycles. The van der Waals surface area contributed by atoms with Crippen molar-refractivity contribution in [2.75, 3.05) is 0 Å². The highest BCUT2D eigenvalue weighted by molar-refractivity contribution is 5.82. The summed E-state index contributed by atoms with van der Waals surface area (Å²) in [5, 5.41) is 19.3. The Morgan fingerprint density at radius 3 is 2.35 bits per heavy atom. The summed E-state index contributed by atoms with van der Waals surface area (Å²) in [6, 6.07) is 5.27. The SMILES string of the molecule is CC(C)(C)n1c[c]c(=O)c2cc(O)c(O)cc21. The highest BCUT2D eigenvalue weighted by atomic mass is 16.3. The van der Waals surface area contributed by atoms with E-state index in [0.29, 0.717) is 10.9 Å². The van der Waals surface area contributed by atoms with E-state index in [0.717, 1.165) is 0 Å². The third-order valence-corrected chi connectivity index (χ3v) is 2.64. The molecule has 0 fully saturated rings. The molecule has 0 amide bonds. The first-order valence-corrected chi connectivity index (χ1v) is 5.30. The highest BCUT2D eigenvalue weighted by Crippen LogP contribution is 2.30. The molecular weight excluding hydrogens is 218 g/mol. The summed E-state index contributed by atoms with van der Waals surface area (Å²) in [5.41, 5.74) is 0.0404. The number of phenolic OH excluding ortho intramolecular Hbond substituents is 2. The molecule has 4 heteroatoms. The zero-order valence-corrected chi connectivity index (χ0v) is 9.98. The number of benzene rings is 1. The average molecular weight is 232 g/mol. The van der Waals surface area contributed by atoms with Crippen LogP contribution in [0.4, 0.5) is 0 Å². The van der Waals surface area contributed by atoms with E-state index in [1.807, 2.05) is 25.3 Å². The van der Waals surface area contributed by atoms with Gasteiger partial charge >= 0.3 is 0 Å². The molecule has 0 saturated heterocycles.